The lowest BCUT2D eigenvalue weighted by Gasteiger charge is -2.40. The Bertz CT molecular complexity index is 922. The second kappa shape index (κ2) is 8.76. The minimum absolute atomic E-state index is 0.0591. The van der Waals surface area contributed by atoms with Crippen LogP contribution in [0.5, 0.6) is 0 Å². The lowest BCUT2D eigenvalue weighted by molar-refractivity contribution is -0.155. The molecule has 31 heavy (non-hydrogen) atoms. The molecule has 1 aromatic carbocycles. The summed E-state index contributed by atoms with van der Waals surface area (Å²) in [6.07, 6.45) is 0.296. The maximum absolute atomic E-state index is 13.6. The predicted molar refractivity (Wildman–Crippen MR) is 115 cm³/mol. The van der Waals surface area contributed by atoms with Crippen LogP contribution in [-0.4, -0.2) is 55.1 Å². The first-order valence-electron chi connectivity index (χ1n) is 10.2. The molecule has 0 bridgehead atoms. The van der Waals surface area contributed by atoms with Gasteiger partial charge < -0.3 is 9.47 Å². The normalized spacial score (nSPS) is 24.4. The van der Waals surface area contributed by atoms with Crippen LogP contribution in [0.2, 0.25) is 0 Å². The van der Waals surface area contributed by atoms with Crippen LogP contribution in [0.3, 0.4) is 0 Å². The van der Waals surface area contributed by atoms with Gasteiger partial charge in [-0.1, -0.05) is 26.0 Å². The van der Waals surface area contributed by atoms with E-state index in [4.69, 9.17) is 9.47 Å². The zero-order chi connectivity index (χ0) is 23.8. The summed E-state index contributed by atoms with van der Waals surface area (Å²) >= 11 is 0. The van der Waals surface area contributed by atoms with Crippen molar-refractivity contribution in [2.75, 3.05) is 13.4 Å². The molecule has 1 heterocycles. The molecule has 1 amide bonds. The van der Waals surface area contributed by atoms with E-state index in [0.717, 1.165) is 6.26 Å². The summed E-state index contributed by atoms with van der Waals surface area (Å²) in [6, 6.07) is 4.21. The number of hydrogen-bond donors (Lipinski definition) is 0. The van der Waals surface area contributed by atoms with Gasteiger partial charge in [0.15, 0.2) is 9.84 Å². The maximum Gasteiger partial charge on any atom is 0.411 e. The van der Waals surface area contributed by atoms with Gasteiger partial charge in [0.25, 0.3) is 0 Å². The number of carbonyl (C=O) groups excluding carboxylic acids is 2. The van der Waals surface area contributed by atoms with Gasteiger partial charge in [-0.3, -0.25) is 4.90 Å². The largest absolute Gasteiger partial charge is 0.467 e. The first-order valence-corrected chi connectivity index (χ1v) is 12.1. The van der Waals surface area contributed by atoms with Crippen molar-refractivity contribution in [2.45, 2.75) is 69.9 Å². The molecule has 0 unspecified atom stereocenters. The number of carbonyl (C=O) groups is 2. The molecular formula is C22H32FNO6S. The summed E-state index contributed by atoms with van der Waals surface area (Å²) in [7, 11) is -2.51. The molecular weight excluding hydrogens is 425 g/mol. The zero-order valence-electron chi connectivity index (χ0n) is 19.1. The van der Waals surface area contributed by atoms with Crippen molar-refractivity contribution in [3.63, 3.8) is 0 Å². The monoisotopic (exact) mass is 457 g/mol. The van der Waals surface area contributed by atoms with Gasteiger partial charge in [-0.2, -0.15) is 0 Å². The Morgan fingerprint density at radius 3 is 2.19 bits per heavy atom. The third kappa shape index (κ3) is 5.37. The average Bonchev–Trinajstić information content (AvgIpc) is 2.96. The SMILES string of the molecule is COC(=O)[C@@]1(CC(C)C)C[C@H](S(C)(=O)=O)[C@@H](c2ccc(F)cc2)N1C(=O)OC(C)(C)C. The molecule has 1 aliphatic heterocycles. The van der Waals surface area contributed by atoms with Crippen molar-refractivity contribution in [3.05, 3.63) is 35.6 Å². The average molecular weight is 458 g/mol. The summed E-state index contributed by atoms with van der Waals surface area (Å²) in [5.41, 5.74) is -2.03. The molecule has 9 heteroatoms. The van der Waals surface area contributed by atoms with Crippen molar-refractivity contribution < 1.29 is 31.9 Å². The van der Waals surface area contributed by atoms with E-state index >= 15 is 0 Å². The third-order valence-electron chi connectivity index (χ3n) is 5.29. The van der Waals surface area contributed by atoms with Crippen molar-refractivity contribution in [1.29, 1.82) is 0 Å². The van der Waals surface area contributed by atoms with Crippen LogP contribution in [0.4, 0.5) is 9.18 Å². The lowest BCUT2D eigenvalue weighted by Crippen LogP contribution is -2.56. The molecule has 1 aromatic rings. The highest BCUT2D eigenvalue weighted by atomic mass is 32.2. The highest BCUT2D eigenvalue weighted by Crippen LogP contribution is 2.49. The Hall–Kier alpha value is -2.16. The second-order valence-corrected chi connectivity index (χ2v) is 11.8. The van der Waals surface area contributed by atoms with E-state index in [1.165, 1.54) is 36.3 Å². The van der Waals surface area contributed by atoms with Gasteiger partial charge in [-0.25, -0.2) is 22.4 Å². The molecule has 1 saturated heterocycles. The molecule has 0 aliphatic carbocycles. The molecule has 1 aliphatic rings. The number of hydrogen-bond acceptors (Lipinski definition) is 6. The van der Waals surface area contributed by atoms with Crippen LogP contribution >= 0.6 is 0 Å². The van der Waals surface area contributed by atoms with E-state index in [2.05, 4.69) is 0 Å². The first kappa shape index (κ1) is 25.1. The smallest absolute Gasteiger partial charge is 0.411 e. The standard InChI is InChI=1S/C22H32FNO6S/c1-14(2)12-22(19(25)29-6)13-17(31(7,27)28)18(15-8-10-16(23)11-9-15)24(22)20(26)30-21(3,4)5/h8-11,14,17-18H,12-13H2,1-7H3/t17-,18+,22+/m0/s1. The molecule has 1 fully saturated rings. The quantitative estimate of drug-likeness (QED) is 0.624. The Morgan fingerprint density at radius 1 is 1.23 bits per heavy atom. The number of benzene rings is 1. The highest BCUT2D eigenvalue weighted by molar-refractivity contribution is 7.91. The second-order valence-electron chi connectivity index (χ2n) is 9.54. The number of ether oxygens (including phenoxy) is 2. The van der Waals surface area contributed by atoms with E-state index < -0.39 is 50.1 Å². The zero-order valence-corrected chi connectivity index (χ0v) is 20.0. The predicted octanol–water partition coefficient (Wildman–Crippen LogP) is 3.88. The van der Waals surface area contributed by atoms with Gasteiger partial charge in [0.05, 0.1) is 18.4 Å². The molecule has 2 rings (SSSR count). The third-order valence-corrected chi connectivity index (χ3v) is 6.82. The highest BCUT2D eigenvalue weighted by Gasteiger charge is 2.62. The molecule has 3 atom stereocenters. The number of halogens is 1. The van der Waals surface area contributed by atoms with Crippen molar-refractivity contribution >= 4 is 21.9 Å². The summed E-state index contributed by atoms with van der Waals surface area (Å²) in [5, 5.41) is -1.09. The van der Waals surface area contributed by atoms with E-state index in [1.807, 2.05) is 13.8 Å². The van der Waals surface area contributed by atoms with Crippen LogP contribution in [0.1, 0.15) is 59.1 Å². The lowest BCUT2D eigenvalue weighted by atomic mass is 9.86. The fourth-order valence-electron chi connectivity index (χ4n) is 4.30. The Kier molecular flexibility index (Phi) is 7.10. The fraction of sp³-hybridized carbons (Fsp3) is 0.636. The fourth-order valence-corrected chi connectivity index (χ4v) is 5.62. The molecule has 0 saturated carbocycles. The minimum Gasteiger partial charge on any atom is -0.467 e. The van der Waals surface area contributed by atoms with Crippen LogP contribution < -0.4 is 0 Å². The van der Waals surface area contributed by atoms with Gasteiger partial charge in [0.2, 0.25) is 0 Å². The maximum atomic E-state index is 13.6. The van der Waals surface area contributed by atoms with Gasteiger partial charge >= 0.3 is 12.1 Å². The minimum atomic E-state index is -3.72. The van der Waals surface area contributed by atoms with E-state index in [1.54, 1.807) is 20.8 Å². The number of esters is 1. The number of rotatable bonds is 5. The molecule has 174 valence electrons. The van der Waals surface area contributed by atoms with Crippen LogP contribution in [0, 0.1) is 11.7 Å². The first-order chi connectivity index (χ1) is 14.1. The number of amides is 1. The van der Waals surface area contributed by atoms with Crippen molar-refractivity contribution in [1.82, 2.24) is 4.90 Å². The number of methoxy groups -OCH3 is 1. The van der Waals surface area contributed by atoms with Crippen LogP contribution in [-0.2, 0) is 24.1 Å². The summed E-state index contributed by atoms with van der Waals surface area (Å²) in [6.45, 7) is 8.80. The summed E-state index contributed by atoms with van der Waals surface area (Å²) in [4.78, 5) is 27.8. The summed E-state index contributed by atoms with van der Waals surface area (Å²) in [5.74, 6) is -1.26. The Morgan fingerprint density at radius 2 is 1.77 bits per heavy atom. The number of likely N-dealkylation sites (tertiary alicyclic amines) is 1. The van der Waals surface area contributed by atoms with Gasteiger partial charge in [0.1, 0.15) is 17.0 Å². The number of sulfone groups is 1. The van der Waals surface area contributed by atoms with Gasteiger partial charge in [-0.05, 0) is 50.8 Å². The molecule has 0 spiro atoms. The van der Waals surface area contributed by atoms with Crippen LogP contribution in [0.15, 0.2) is 24.3 Å². The van der Waals surface area contributed by atoms with Gasteiger partial charge in [0, 0.05) is 12.7 Å². The van der Waals surface area contributed by atoms with E-state index in [-0.39, 0.29) is 18.8 Å². The summed E-state index contributed by atoms with van der Waals surface area (Å²) < 4.78 is 49.9. The van der Waals surface area contributed by atoms with Crippen molar-refractivity contribution in [3.8, 4) is 0 Å². The van der Waals surface area contributed by atoms with E-state index in [9.17, 15) is 22.4 Å². The van der Waals surface area contributed by atoms with E-state index in [0.29, 0.717) is 5.56 Å². The van der Waals surface area contributed by atoms with Crippen molar-refractivity contribution in [2.24, 2.45) is 5.92 Å². The molecule has 0 N–H and O–H groups in total. The van der Waals surface area contributed by atoms with Gasteiger partial charge in [-0.15, -0.1) is 0 Å². The molecule has 7 nitrogen and oxygen atoms in total. The Balaban J connectivity index is 2.80. The molecule has 0 aromatic heterocycles. The Labute approximate surface area is 183 Å². The number of nitrogens with zero attached hydrogens (tertiary/aromatic N) is 1. The molecule has 0 radical (unpaired) electrons. The topological polar surface area (TPSA) is 90.0 Å². The van der Waals surface area contributed by atoms with Crippen LogP contribution in [0.25, 0.3) is 0 Å².